The summed E-state index contributed by atoms with van der Waals surface area (Å²) in [5.74, 6) is 4.63. The molecule has 0 atom stereocenters. The number of hydrogen-bond donors (Lipinski definition) is 0. The zero-order valence-corrected chi connectivity index (χ0v) is 3.36. The Morgan fingerprint density at radius 2 is 2.33 bits per heavy atom. The van der Waals surface area contributed by atoms with Crippen LogP contribution in [-0.2, 0) is 0 Å². The van der Waals surface area contributed by atoms with Gasteiger partial charge in [-0.1, -0.05) is 5.92 Å². The minimum Gasteiger partial charge on any atom is -0.498 e. The zero-order valence-electron chi connectivity index (χ0n) is 3.36. The van der Waals surface area contributed by atoms with Crippen LogP contribution in [0.15, 0.2) is 0 Å². The molecule has 0 spiro atoms. The minimum absolute atomic E-state index is 1.61. The van der Waals surface area contributed by atoms with Gasteiger partial charge in [0.05, 0.1) is 5.92 Å². The van der Waals surface area contributed by atoms with Crippen molar-refractivity contribution in [3.63, 3.8) is 0 Å². The van der Waals surface area contributed by atoms with Gasteiger partial charge in [-0.2, -0.15) is 0 Å². The maximum absolute atomic E-state index is 9.10. The van der Waals surface area contributed by atoms with Gasteiger partial charge in [0.15, 0.2) is 0 Å². The number of hydrogen-bond acceptors (Lipinski definition) is 1. The van der Waals surface area contributed by atoms with E-state index in [-0.39, 0.29) is 0 Å². The topological polar surface area (TPSA) is 27.4 Å². The first kappa shape index (κ1) is 4.85. The van der Waals surface area contributed by atoms with Gasteiger partial charge < -0.3 is 5.21 Å². The van der Waals surface area contributed by atoms with Crippen molar-refractivity contribution in [2.45, 2.75) is 6.92 Å². The van der Waals surface area contributed by atoms with Gasteiger partial charge in [-0.15, -0.1) is 0 Å². The average Bonchev–Trinajstić information content (AvgIpc) is 1.61. The van der Waals surface area contributed by atoms with Gasteiger partial charge in [-0.25, -0.2) is 0 Å². The second-order valence-electron chi connectivity index (χ2n) is 0.578. The van der Waals surface area contributed by atoms with E-state index in [4.69, 9.17) is 5.21 Å². The molecule has 0 unspecified atom stereocenters. The van der Waals surface area contributed by atoms with Crippen LogP contribution in [0.5, 0.6) is 0 Å². The zero-order chi connectivity index (χ0) is 4.83. The Hall–Kier alpha value is -1.15. The van der Waals surface area contributed by atoms with Crippen molar-refractivity contribution < 1.29 is 0 Å². The summed E-state index contributed by atoms with van der Waals surface area (Å²) in [6.45, 7) is 1.61. The molecule has 0 rings (SSSR count). The van der Waals surface area contributed by atoms with Crippen LogP contribution >= 0.6 is 0 Å². The third-order valence-electron chi connectivity index (χ3n) is 0.227. The molecule has 0 N–H and O–H groups in total. The highest BCUT2D eigenvalue weighted by Gasteiger charge is 1.57. The van der Waals surface area contributed by atoms with Crippen molar-refractivity contribution in [1.29, 1.82) is 0 Å². The molecule has 6 heavy (non-hydrogen) atoms. The Balaban J connectivity index is 3.43. The van der Waals surface area contributed by atoms with Crippen LogP contribution in [0.4, 0.5) is 0 Å². The van der Waals surface area contributed by atoms with Crippen molar-refractivity contribution in [3.8, 4) is 17.9 Å². The highest BCUT2D eigenvalue weighted by Crippen LogP contribution is 1.52. The summed E-state index contributed by atoms with van der Waals surface area (Å²) in [6.07, 6.45) is 0. The van der Waals surface area contributed by atoms with E-state index in [1.165, 1.54) is 0 Å². The maximum atomic E-state index is 9.10. The van der Waals surface area contributed by atoms with E-state index in [9.17, 15) is 0 Å². The quantitative estimate of drug-likeness (QED) is 0.313. The van der Waals surface area contributed by atoms with E-state index in [0.717, 1.165) is 0 Å². The molecular weight excluding hydrogens is 78.0 g/mol. The maximum Gasteiger partial charge on any atom is 0.391 e. The SMILES string of the molecule is CC#CC#[N+][O-]. The molecule has 0 aromatic rings. The Labute approximate surface area is 36.2 Å². The van der Waals surface area contributed by atoms with Crippen molar-refractivity contribution >= 4 is 0 Å². The summed E-state index contributed by atoms with van der Waals surface area (Å²) < 4.78 is 0. The Morgan fingerprint density at radius 1 is 1.67 bits per heavy atom. The monoisotopic (exact) mass is 81.0 g/mol. The molecule has 2 nitrogen and oxygen atoms in total. The average molecular weight is 81.1 g/mol. The minimum atomic E-state index is 1.61. The molecule has 0 amide bonds. The molecule has 0 aliphatic heterocycles. The van der Waals surface area contributed by atoms with Gasteiger partial charge in [0.1, 0.15) is 0 Å². The van der Waals surface area contributed by atoms with E-state index < -0.39 is 0 Å². The van der Waals surface area contributed by atoms with E-state index in [0.29, 0.717) is 0 Å². The highest BCUT2D eigenvalue weighted by atomic mass is 16.4. The van der Waals surface area contributed by atoms with Crippen molar-refractivity contribution in [2.75, 3.05) is 0 Å². The van der Waals surface area contributed by atoms with E-state index in [2.05, 4.69) is 16.8 Å². The molecule has 0 saturated heterocycles. The molecule has 2 heteroatoms. The predicted molar refractivity (Wildman–Crippen MR) is 24.1 cm³/mol. The molecular formula is C4H3NO. The first-order chi connectivity index (χ1) is 2.91. The third-order valence-corrected chi connectivity index (χ3v) is 0.227. The molecule has 0 aromatic heterocycles. The normalized spacial score (nSPS) is 3.50. The van der Waals surface area contributed by atoms with Crippen molar-refractivity contribution in [3.05, 3.63) is 10.2 Å². The molecule has 0 aliphatic carbocycles. The van der Waals surface area contributed by atoms with E-state index in [1.54, 1.807) is 6.92 Å². The first-order valence-corrected chi connectivity index (χ1v) is 1.41. The fraction of sp³-hybridized carbons (Fsp3) is 0.250. The van der Waals surface area contributed by atoms with Gasteiger partial charge >= 0.3 is 6.07 Å². The van der Waals surface area contributed by atoms with Gasteiger partial charge in [0.25, 0.3) is 0 Å². The second kappa shape index (κ2) is 3.85. The highest BCUT2D eigenvalue weighted by molar-refractivity contribution is 5.20. The smallest absolute Gasteiger partial charge is 0.391 e. The van der Waals surface area contributed by atoms with Gasteiger partial charge in [0.2, 0.25) is 0 Å². The Morgan fingerprint density at radius 3 is 2.50 bits per heavy atom. The molecule has 0 fully saturated rings. The second-order valence-corrected chi connectivity index (χ2v) is 0.578. The number of nitrogens with zero attached hydrogens (tertiary/aromatic N) is 1. The summed E-state index contributed by atoms with van der Waals surface area (Å²) in [6, 6.07) is 1.91. The lowest BCUT2D eigenvalue weighted by atomic mass is 10.7. The largest absolute Gasteiger partial charge is 0.498 e. The van der Waals surface area contributed by atoms with Gasteiger partial charge in [-0.3, -0.25) is 0 Å². The van der Waals surface area contributed by atoms with Crippen molar-refractivity contribution in [1.82, 2.24) is 0 Å². The van der Waals surface area contributed by atoms with Crippen LogP contribution in [0.1, 0.15) is 6.92 Å². The predicted octanol–water partition coefficient (Wildman–Crippen LogP) is 0.840. The fourth-order valence-electron chi connectivity index (χ4n) is 0.0787. The lowest BCUT2D eigenvalue weighted by Crippen LogP contribution is -1.39. The first-order valence-electron chi connectivity index (χ1n) is 1.41. The van der Waals surface area contributed by atoms with Crippen LogP contribution in [0.25, 0.3) is 5.01 Å². The van der Waals surface area contributed by atoms with Crippen LogP contribution in [0.3, 0.4) is 0 Å². The molecule has 0 heterocycles. The Bertz CT molecular complexity index is 111. The lowest BCUT2D eigenvalue weighted by molar-refractivity contribution is 1.92. The molecule has 0 aromatic carbocycles. The summed E-state index contributed by atoms with van der Waals surface area (Å²) in [4.78, 5) is 0. The van der Waals surface area contributed by atoms with Crippen LogP contribution in [0, 0.1) is 23.1 Å². The molecule has 30 valence electrons. The van der Waals surface area contributed by atoms with Gasteiger partial charge in [0, 0.05) is 5.01 Å². The summed E-state index contributed by atoms with van der Waals surface area (Å²) in [5, 5.41) is 11.4. The molecule has 0 aliphatic rings. The van der Waals surface area contributed by atoms with Gasteiger partial charge in [-0.05, 0) is 6.92 Å². The Kier molecular flexibility index (Phi) is 3.11. The van der Waals surface area contributed by atoms with Crippen molar-refractivity contribution in [2.24, 2.45) is 0 Å². The van der Waals surface area contributed by atoms with Crippen LogP contribution in [-0.4, -0.2) is 0 Å². The molecule has 0 radical (unpaired) electrons. The fourth-order valence-corrected chi connectivity index (χ4v) is 0.0787. The standard InChI is InChI=1S/C4H3NO/c1-2-3-4-5-6/h1H3. The molecule has 0 bridgehead atoms. The number of rotatable bonds is 0. The summed E-state index contributed by atoms with van der Waals surface area (Å²) >= 11 is 0. The summed E-state index contributed by atoms with van der Waals surface area (Å²) in [7, 11) is 0. The van der Waals surface area contributed by atoms with E-state index >= 15 is 0 Å². The van der Waals surface area contributed by atoms with Crippen LogP contribution < -0.4 is 0 Å². The third kappa shape index (κ3) is 2.85. The van der Waals surface area contributed by atoms with Crippen LogP contribution in [0.2, 0.25) is 0 Å². The summed E-state index contributed by atoms with van der Waals surface area (Å²) in [5.41, 5.74) is 0. The molecule has 0 saturated carbocycles. The lowest BCUT2D eigenvalue weighted by Gasteiger charge is -1.44. The van der Waals surface area contributed by atoms with E-state index in [1.807, 2.05) is 6.07 Å².